The smallest absolute Gasteiger partial charge is 0.308 e. The highest BCUT2D eigenvalue weighted by Gasteiger charge is 2.28. The monoisotopic (exact) mass is 264 g/mol. The number of carbonyl (C=O) groups excluding carboxylic acids is 1. The van der Waals surface area contributed by atoms with Crippen LogP contribution in [0.5, 0.6) is 0 Å². The number of aromatic nitrogens is 1. The summed E-state index contributed by atoms with van der Waals surface area (Å²) in [5.74, 6) is -1.58. The lowest BCUT2D eigenvalue weighted by Gasteiger charge is -2.30. The van der Waals surface area contributed by atoms with E-state index in [-0.39, 0.29) is 18.0 Å². The Kier molecular flexibility index (Phi) is 3.69. The van der Waals surface area contributed by atoms with E-state index in [1.54, 1.807) is 11.9 Å². The highest BCUT2D eigenvalue weighted by Crippen LogP contribution is 2.18. The largest absolute Gasteiger partial charge is 0.481 e. The third-order valence-electron chi connectivity index (χ3n) is 3.39. The number of amides is 1. The molecule has 1 aliphatic heterocycles. The third kappa shape index (κ3) is 2.83. The molecule has 1 saturated heterocycles. The summed E-state index contributed by atoms with van der Waals surface area (Å²) in [5.41, 5.74) is 0.228. The summed E-state index contributed by atoms with van der Waals surface area (Å²) >= 11 is 0. The molecule has 1 N–H and O–H groups in total. The number of aryl methyl sites for hydroxylation is 1. The highest BCUT2D eigenvalue weighted by atomic mass is 16.4. The lowest BCUT2D eigenvalue weighted by atomic mass is 9.98. The van der Waals surface area contributed by atoms with Crippen LogP contribution in [-0.4, -0.2) is 39.5 Å². The molecule has 0 aromatic carbocycles. The average molecular weight is 264 g/mol. The van der Waals surface area contributed by atoms with Crippen LogP contribution in [0.25, 0.3) is 0 Å². The standard InChI is InChI=1S/C13H16N2O4/c1-14-7-9(4-5-11(14)16)12(17)15-6-2-3-10(8-15)13(18)19/h4-5,7,10H,2-3,6,8H2,1H3,(H,18,19). The van der Waals surface area contributed by atoms with Crippen LogP contribution in [0.1, 0.15) is 23.2 Å². The number of likely N-dealkylation sites (tertiary alicyclic amines) is 1. The number of aliphatic carboxylic acids is 1. The van der Waals surface area contributed by atoms with Gasteiger partial charge in [0.1, 0.15) is 0 Å². The molecule has 6 heteroatoms. The van der Waals surface area contributed by atoms with Gasteiger partial charge in [-0.1, -0.05) is 0 Å². The van der Waals surface area contributed by atoms with Crippen molar-refractivity contribution >= 4 is 11.9 Å². The van der Waals surface area contributed by atoms with Crippen LogP contribution in [0.3, 0.4) is 0 Å². The maximum absolute atomic E-state index is 12.2. The molecule has 1 unspecified atom stereocenters. The van der Waals surface area contributed by atoms with Crippen molar-refractivity contribution in [1.82, 2.24) is 9.47 Å². The Morgan fingerprint density at radius 2 is 2.11 bits per heavy atom. The van der Waals surface area contributed by atoms with E-state index < -0.39 is 11.9 Å². The quantitative estimate of drug-likeness (QED) is 0.834. The summed E-state index contributed by atoms with van der Waals surface area (Å²) in [7, 11) is 1.58. The fourth-order valence-corrected chi connectivity index (χ4v) is 2.27. The van der Waals surface area contributed by atoms with E-state index in [1.165, 1.54) is 22.9 Å². The maximum Gasteiger partial charge on any atom is 0.308 e. The Morgan fingerprint density at radius 3 is 2.74 bits per heavy atom. The molecule has 1 amide bonds. The molecule has 0 saturated carbocycles. The zero-order valence-electron chi connectivity index (χ0n) is 10.7. The first-order chi connectivity index (χ1) is 8.99. The lowest BCUT2D eigenvalue weighted by Crippen LogP contribution is -2.42. The topological polar surface area (TPSA) is 79.6 Å². The molecule has 2 rings (SSSR count). The molecule has 0 radical (unpaired) electrons. The number of carboxylic acid groups (broad SMARTS) is 1. The van der Waals surface area contributed by atoms with Gasteiger partial charge >= 0.3 is 5.97 Å². The van der Waals surface area contributed by atoms with Gasteiger partial charge in [0.2, 0.25) is 5.56 Å². The molecular formula is C13H16N2O4. The average Bonchev–Trinajstić information content (AvgIpc) is 2.41. The molecule has 0 bridgehead atoms. The molecule has 1 aromatic rings. The van der Waals surface area contributed by atoms with E-state index in [2.05, 4.69) is 0 Å². The molecule has 6 nitrogen and oxygen atoms in total. The molecular weight excluding hydrogens is 248 g/mol. The number of carboxylic acids is 1. The zero-order chi connectivity index (χ0) is 14.0. The van der Waals surface area contributed by atoms with Crippen molar-refractivity contribution in [3.05, 3.63) is 34.2 Å². The second kappa shape index (κ2) is 5.26. The minimum Gasteiger partial charge on any atom is -0.481 e. The van der Waals surface area contributed by atoms with Crippen LogP contribution in [0.4, 0.5) is 0 Å². The molecule has 1 fully saturated rings. The fourth-order valence-electron chi connectivity index (χ4n) is 2.27. The molecule has 19 heavy (non-hydrogen) atoms. The normalized spacial score (nSPS) is 19.2. The minimum atomic E-state index is -0.863. The summed E-state index contributed by atoms with van der Waals surface area (Å²) in [6.07, 6.45) is 2.77. The van der Waals surface area contributed by atoms with E-state index in [9.17, 15) is 14.4 Å². The molecule has 0 spiro atoms. The van der Waals surface area contributed by atoms with Crippen LogP contribution >= 0.6 is 0 Å². The number of pyridine rings is 1. The number of rotatable bonds is 2. The molecule has 102 valence electrons. The first kappa shape index (κ1) is 13.3. The third-order valence-corrected chi connectivity index (χ3v) is 3.39. The second-order valence-corrected chi connectivity index (χ2v) is 4.80. The number of hydrogen-bond donors (Lipinski definition) is 1. The van der Waals surface area contributed by atoms with Gasteiger partial charge in [0.05, 0.1) is 11.5 Å². The van der Waals surface area contributed by atoms with Gasteiger partial charge in [0, 0.05) is 32.4 Å². The van der Waals surface area contributed by atoms with Gasteiger partial charge < -0.3 is 14.6 Å². The van der Waals surface area contributed by atoms with Gasteiger partial charge in [-0.05, 0) is 18.9 Å². The van der Waals surface area contributed by atoms with E-state index in [0.29, 0.717) is 24.9 Å². The van der Waals surface area contributed by atoms with Crippen molar-refractivity contribution in [2.24, 2.45) is 13.0 Å². The molecule has 2 heterocycles. The first-order valence-electron chi connectivity index (χ1n) is 6.18. The van der Waals surface area contributed by atoms with Gasteiger partial charge in [-0.15, -0.1) is 0 Å². The predicted molar refractivity (Wildman–Crippen MR) is 67.9 cm³/mol. The summed E-state index contributed by atoms with van der Waals surface area (Å²) < 4.78 is 1.34. The Hall–Kier alpha value is -2.11. The van der Waals surface area contributed by atoms with Gasteiger partial charge in [-0.25, -0.2) is 0 Å². The molecule has 1 atom stereocenters. The first-order valence-corrected chi connectivity index (χ1v) is 6.18. The van der Waals surface area contributed by atoms with Crippen LogP contribution in [0.2, 0.25) is 0 Å². The number of nitrogens with zero attached hydrogens (tertiary/aromatic N) is 2. The summed E-state index contributed by atoms with van der Waals surface area (Å²) in [5, 5.41) is 9.01. The summed E-state index contributed by atoms with van der Waals surface area (Å²) in [6.45, 7) is 0.794. The predicted octanol–water partition coefficient (Wildman–Crippen LogP) is 0.322. The van der Waals surface area contributed by atoms with Crippen LogP contribution in [0.15, 0.2) is 23.1 Å². The SMILES string of the molecule is Cn1cc(C(=O)N2CCCC(C(=O)O)C2)ccc1=O. The highest BCUT2D eigenvalue weighted by molar-refractivity contribution is 5.94. The summed E-state index contributed by atoms with van der Waals surface area (Å²) in [4.78, 5) is 36.0. The van der Waals surface area contributed by atoms with Crippen molar-refractivity contribution in [3.8, 4) is 0 Å². The molecule has 0 aliphatic carbocycles. The Morgan fingerprint density at radius 1 is 1.37 bits per heavy atom. The van der Waals surface area contributed by atoms with Crippen LogP contribution in [0, 0.1) is 5.92 Å². The van der Waals surface area contributed by atoms with E-state index in [1.807, 2.05) is 0 Å². The Bertz CT molecular complexity index is 564. The van der Waals surface area contributed by atoms with Crippen molar-refractivity contribution in [1.29, 1.82) is 0 Å². The zero-order valence-corrected chi connectivity index (χ0v) is 10.7. The Labute approximate surface area is 110 Å². The summed E-state index contributed by atoms with van der Waals surface area (Å²) in [6, 6.07) is 2.82. The molecule has 1 aromatic heterocycles. The number of carbonyl (C=O) groups is 2. The van der Waals surface area contributed by atoms with Crippen LogP contribution < -0.4 is 5.56 Å². The van der Waals surface area contributed by atoms with Gasteiger partial charge in [-0.3, -0.25) is 14.4 Å². The van der Waals surface area contributed by atoms with Gasteiger partial charge in [0.25, 0.3) is 5.91 Å². The van der Waals surface area contributed by atoms with Crippen LogP contribution in [-0.2, 0) is 11.8 Å². The van der Waals surface area contributed by atoms with E-state index in [4.69, 9.17) is 5.11 Å². The van der Waals surface area contributed by atoms with E-state index in [0.717, 1.165) is 0 Å². The van der Waals surface area contributed by atoms with Crippen molar-refractivity contribution < 1.29 is 14.7 Å². The maximum atomic E-state index is 12.2. The Balaban J connectivity index is 2.16. The number of hydrogen-bond acceptors (Lipinski definition) is 3. The van der Waals surface area contributed by atoms with E-state index >= 15 is 0 Å². The minimum absolute atomic E-state index is 0.182. The molecule has 1 aliphatic rings. The van der Waals surface area contributed by atoms with Crippen molar-refractivity contribution in [3.63, 3.8) is 0 Å². The number of piperidine rings is 1. The fraction of sp³-hybridized carbons (Fsp3) is 0.462. The van der Waals surface area contributed by atoms with Crippen molar-refractivity contribution in [2.45, 2.75) is 12.8 Å². The lowest BCUT2D eigenvalue weighted by molar-refractivity contribution is -0.143. The van der Waals surface area contributed by atoms with Crippen molar-refractivity contribution in [2.75, 3.05) is 13.1 Å². The second-order valence-electron chi connectivity index (χ2n) is 4.80. The van der Waals surface area contributed by atoms with Gasteiger partial charge in [-0.2, -0.15) is 0 Å². The van der Waals surface area contributed by atoms with Gasteiger partial charge in [0.15, 0.2) is 0 Å².